The van der Waals surface area contributed by atoms with Crippen LogP contribution in [0, 0.1) is 0 Å². The lowest BCUT2D eigenvalue weighted by Crippen LogP contribution is -2.09. The van der Waals surface area contributed by atoms with E-state index in [1.165, 1.54) is 0 Å². The molecule has 0 unspecified atom stereocenters. The zero-order valence-electron chi connectivity index (χ0n) is 13.9. The van der Waals surface area contributed by atoms with Gasteiger partial charge in [-0.1, -0.05) is 84.0 Å². The Morgan fingerprint density at radius 2 is 1.65 bits per heavy atom. The van der Waals surface area contributed by atoms with Crippen LogP contribution < -0.4 is 10.2 Å². The number of hydrazone groups is 1. The molecule has 5 heteroatoms. The van der Waals surface area contributed by atoms with Crippen LogP contribution in [-0.2, 0) is 6.61 Å². The van der Waals surface area contributed by atoms with Crippen LogP contribution in [-0.4, -0.2) is 5.04 Å². The molecule has 1 atom stereocenters. The first-order chi connectivity index (χ1) is 12.8. The summed E-state index contributed by atoms with van der Waals surface area (Å²) in [5.74, 6) is 0.858. The standard InChI is InChI=1S/C21H17ClN2OS/c22-17-12-10-15(11-13-17)14-25-19-9-5-4-8-18(19)21-24-23-20(26-21)16-6-2-1-3-7-16/h1-13,21,24H,14H2/t21-/m1/s1. The molecule has 26 heavy (non-hydrogen) atoms. The zero-order valence-corrected chi connectivity index (χ0v) is 15.5. The quantitative estimate of drug-likeness (QED) is 0.624. The zero-order chi connectivity index (χ0) is 17.8. The van der Waals surface area contributed by atoms with Crippen LogP contribution in [0.15, 0.2) is 84.0 Å². The smallest absolute Gasteiger partial charge is 0.126 e. The van der Waals surface area contributed by atoms with Gasteiger partial charge in [-0.2, -0.15) is 5.10 Å². The molecular weight excluding hydrogens is 364 g/mol. The van der Waals surface area contributed by atoms with E-state index in [1.54, 1.807) is 11.8 Å². The van der Waals surface area contributed by atoms with Crippen LogP contribution in [0.1, 0.15) is 22.1 Å². The summed E-state index contributed by atoms with van der Waals surface area (Å²) in [7, 11) is 0. The fourth-order valence-corrected chi connectivity index (χ4v) is 3.85. The van der Waals surface area contributed by atoms with Gasteiger partial charge in [0.2, 0.25) is 0 Å². The number of hydrogen-bond acceptors (Lipinski definition) is 4. The third kappa shape index (κ3) is 3.87. The first kappa shape index (κ1) is 17.0. The highest BCUT2D eigenvalue weighted by molar-refractivity contribution is 8.14. The van der Waals surface area contributed by atoms with Gasteiger partial charge in [-0.25, -0.2) is 0 Å². The molecule has 1 N–H and O–H groups in total. The predicted molar refractivity (Wildman–Crippen MR) is 109 cm³/mol. The van der Waals surface area contributed by atoms with Crippen LogP contribution in [0.2, 0.25) is 5.02 Å². The molecule has 1 heterocycles. The van der Waals surface area contributed by atoms with Gasteiger partial charge in [0, 0.05) is 16.1 Å². The Balaban J connectivity index is 1.47. The van der Waals surface area contributed by atoms with Crippen molar-refractivity contribution in [3.8, 4) is 5.75 Å². The van der Waals surface area contributed by atoms with E-state index >= 15 is 0 Å². The lowest BCUT2D eigenvalue weighted by molar-refractivity contribution is 0.302. The molecule has 1 aliphatic rings. The minimum absolute atomic E-state index is 0.0339. The molecule has 3 aromatic rings. The topological polar surface area (TPSA) is 33.6 Å². The summed E-state index contributed by atoms with van der Waals surface area (Å²) in [5.41, 5.74) is 6.50. The first-order valence-corrected chi connectivity index (χ1v) is 9.57. The second kappa shape index (κ2) is 7.85. The van der Waals surface area contributed by atoms with E-state index in [2.05, 4.69) is 28.7 Å². The molecule has 0 fully saturated rings. The largest absolute Gasteiger partial charge is 0.489 e. The Labute approximate surface area is 162 Å². The van der Waals surface area contributed by atoms with Gasteiger partial charge in [-0.3, -0.25) is 5.43 Å². The van der Waals surface area contributed by atoms with Crippen molar-refractivity contribution in [2.45, 2.75) is 12.0 Å². The third-order valence-electron chi connectivity index (χ3n) is 4.04. The Bertz CT molecular complexity index is 913. The highest BCUT2D eigenvalue weighted by Gasteiger charge is 2.24. The number of nitrogens with one attached hydrogen (secondary N) is 1. The minimum atomic E-state index is 0.0339. The van der Waals surface area contributed by atoms with Crippen molar-refractivity contribution in [2.75, 3.05) is 0 Å². The molecule has 0 aromatic heterocycles. The van der Waals surface area contributed by atoms with Gasteiger partial charge in [0.15, 0.2) is 0 Å². The fraction of sp³-hybridized carbons (Fsp3) is 0.0952. The van der Waals surface area contributed by atoms with Gasteiger partial charge < -0.3 is 4.74 Å². The van der Waals surface area contributed by atoms with E-state index in [1.807, 2.05) is 60.7 Å². The van der Waals surface area contributed by atoms with Gasteiger partial charge >= 0.3 is 0 Å². The molecule has 0 aliphatic carbocycles. The average molecular weight is 381 g/mol. The molecule has 0 saturated carbocycles. The van der Waals surface area contributed by atoms with Crippen molar-refractivity contribution < 1.29 is 4.74 Å². The summed E-state index contributed by atoms with van der Waals surface area (Å²) < 4.78 is 6.07. The van der Waals surface area contributed by atoms with Crippen molar-refractivity contribution in [2.24, 2.45) is 5.10 Å². The molecule has 0 spiro atoms. The summed E-state index contributed by atoms with van der Waals surface area (Å²) >= 11 is 7.64. The van der Waals surface area contributed by atoms with Crippen LogP contribution in [0.25, 0.3) is 0 Å². The molecule has 3 nitrogen and oxygen atoms in total. The van der Waals surface area contributed by atoms with Crippen molar-refractivity contribution in [3.63, 3.8) is 0 Å². The maximum Gasteiger partial charge on any atom is 0.126 e. The van der Waals surface area contributed by atoms with Gasteiger partial charge in [-0.05, 0) is 23.8 Å². The third-order valence-corrected chi connectivity index (χ3v) is 5.44. The molecule has 0 radical (unpaired) electrons. The summed E-state index contributed by atoms with van der Waals surface area (Å²) in [6.45, 7) is 0.498. The van der Waals surface area contributed by atoms with E-state index in [0.29, 0.717) is 6.61 Å². The number of rotatable bonds is 5. The van der Waals surface area contributed by atoms with Crippen LogP contribution >= 0.6 is 23.4 Å². The lowest BCUT2D eigenvalue weighted by atomic mass is 10.2. The van der Waals surface area contributed by atoms with Gasteiger partial charge in [0.25, 0.3) is 0 Å². The SMILES string of the molecule is Clc1ccc(COc2ccccc2[C@@H]2NN=C(c3ccccc3)S2)cc1. The van der Waals surface area contributed by atoms with Crippen LogP contribution in [0.4, 0.5) is 0 Å². The Morgan fingerprint density at radius 1 is 0.923 bits per heavy atom. The minimum Gasteiger partial charge on any atom is -0.489 e. The first-order valence-electron chi connectivity index (χ1n) is 8.31. The van der Waals surface area contributed by atoms with E-state index < -0.39 is 0 Å². The second-order valence-corrected chi connectivity index (χ2v) is 7.39. The van der Waals surface area contributed by atoms with Gasteiger partial charge in [0.1, 0.15) is 22.8 Å². The normalized spacial score (nSPS) is 16.0. The maximum atomic E-state index is 6.07. The Kier molecular flexibility index (Phi) is 5.14. The number of hydrogen-bond donors (Lipinski definition) is 1. The molecule has 4 rings (SSSR count). The number of halogens is 1. The Morgan fingerprint density at radius 3 is 2.46 bits per heavy atom. The summed E-state index contributed by atoms with van der Waals surface area (Å²) in [4.78, 5) is 0. The maximum absolute atomic E-state index is 6.07. The molecule has 0 amide bonds. The molecule has 0 bridgehead atoms. The van der Waals surface area contributed by atoms with Gasteiger partial charge in [-0.15, -0.1) is 0 Å². The molecule has 130 valence electrons. The van der Waals surface area contributed by atoms with Crippen molar-refractivity contribution in [3.05, 3.63) is 101 Å². The molecule has 0 saturated heterocycles. The number of benzene rings is 3. The van der Waals surface area contributed by atoms with E-state index in [-0.39, 0.29) is 5.37 Å². The fourth-order valence-electron chi connectivity index (χ4n) is 2.70. The summed E-state index contributed by atoms with van der Waals surface area (Å²) in [5, 5.41) is 6.24. The average Bonchev–Trinajstić information content (AvgIpc) is 3.19. The summed E-state index contributed by atoms with van der Waals surface area (Å²) in [6.07, 6.45) is 0. The van der Waals surface area contributed by atoms with Crippen molar-refractivity contribution in [1.82, 2.24) is 5.43 Å². The van der Waals surface area contributed by atoms with E-state index in [0.717, 1.165) is 32.5 Å². The van der Waals surface area contributed by atoms with E-state index in [4.69, 9.17) is 16.3 Å². The monoisotopic (exact) mass is 380 g/mol. The lowest BCUT2D eigenvalue weighted by Gasteiger charge is -2.15. The highest BCUT2D eigenvalue weighted by atomic mass is 35.5. The van der Waals surface area contributed by atoms with E-state index in [9.17, 15) is 0 Å². The molecule has 1 aliphatic heterocycles. The summed E-state index contributed by atoms with van der Waals surface area (Å²) in [6, 6.07) is 26.0. The second-order valence-electron chi connectivity index (χ2n) is 5.86. The Hall–Kier alpha value is -2.43. The van der Waals surface area contributed by atoms with Crippen molar-refractivity contribution >= 4 is 28.4 Å². The number of ether oxygens (including phenoxy) is 1. The number of para-hydroxylation sites is 1. The van der Waals surface area contributed by atoms with Crippen LogP contribution in [0.5, 0.6) is 5.75 Å². The van der Waals surface area contributed by atoms with Crippen LogP contribution in [0.3, 0.4) is 0 Å². The molecule has 3 aromatic carbocycles. The number of nitrogens with zero attached hydrogens (tertiary/aromatic N) is 1. The highest BCUT2D eigenvalue weighted by Crippen LogP contribution is 2.38. The predicted octanol–water partition coefficient (Wildman–Crippen LogP) is 5.62. The van der Waals surface area contributed by atoms with Crippen molar-refractivity contribution in [1.29, 1.82) is 0 Å². The number of thioether (sulfide) groups is 1. The molecular formula is C21H17ClN2OS. The van der Waals surface area contributed by atoms with Gasteiger partial charge in [0.05, 0.1) is 0 Å².